The second-order valence-corrected chi connectivity index (χ2v) is 8.75. The summed E-state index contributed by atoms with van der Waals surface area (Å²) in [6.07, 6.45) is 1.70. The summed E-state index contributed by atoms with van der Waals surface area (Å²) in [4.78, 5) is 2.18. The van der Waals surface area contributed by atoms with Crippen molar-refractivity contribution in [2.45, 2.75) is 32.4 Å². The highest BCUT2D eigenvalue weighted by Crippen LogP contribution is 2.36. The summed E-state index contributed by atoms with van der Waals surface area (Å²) >= 11 is 0. The van der Waals surface area contributed by atoms with Gasteiger partial charge in [-0.2, -0.15) is 5.10 Å². The lowest BCUT2D eigenvalue weighted by Crippen LogP contribution is -2.36. The van der Waals surface area contributed by atoms with Gasteiger partial charge >= 0.3 is 0 Å². The molecule has 1 aliphatic carbocycles. The maximum absolute atomic E-state index is 14.4. The maximum atomic E-state index is 14.4. The van der Waals surface area contributed by atoms with Crippen molar-refractivity contribution < 1.29 is 23.4 Å². The van der Waals surface area contributed by atoms with E-state index in [2.05, 4.69) is 10.00 Å². The lowest BCUT2D eigenvalue weighted by molar-refractivity contribution is 0.0186. The van der Waals surface area contributed by atoms with Gasteiger partial charge in [0.05, 0.1) is 18.3 Å². The first kappa shape index (κ1) is 24.3. The normalized spacial score (nSPS) is 14.5. The average molecular weight is 472 g/mol. The molecule has 1 aliphatic rings. The first-order valence-electron chi connectivity index (χ1n) is 11.7. The standard InChI is InChI=1S/C26H31F2N3O3/c1-3-33-17-21(32)15-31(14-18-9-10-18)16-22-25(19-7-5-4-6-8-19)29-30(2)26(22)34-24-12-11-20(27)13-23(24)28/h4-8,11-13,18,21,32H,3,9-10,14-17H2,1-2H3. The van der Waals surface area contributed by atoms with Gasteiger partial charge in [-0.25, -0.2) is 13.5 Å². The molecule has 1 aromatic heterocycles. The Labute approximate surface area is 198 Å². The lowest BCUT2D eigenvalue weighted by atomic mass is 10.1. The Balaban J connectivity index is 1.68. The minimum absolute atomic E-state index is 0.0737. The van der Waals surface area contributed by atoms with E-state index in [1.165, 1.54) is 18.9 Å². The molecule has 34 heavy (non-hydrogen) atoms. The van der Waals surface area contributed by atoms with Crippen molar-refractivity contribution in [1.29, 1.82) is 0 Å². The molecule has 1 fully saturated rings. The SMILES string of the molecule is CCOCC(O)CN(Cc1c(-c2ccccc2)nn(C)c1Oc1ccc(F)cc1F)CC1CC1. The minimum Gasteiger partial charge on any atom is -0.436 e. The zero-order valence-electron chi connectivity index (χ0n) is 19.6. The van der Waals surface area contributed by atoms with Gasteiger partial charge in [-0.1, -0.05) is 30.3 Å². The second kappa shape index (κ2) is 11.1. The van der Waals surface area contributed by atoms with Crippen LogP contribution < -0.4 is 4.74 Å². The highest BCUT2D eigenvalue weighted by atomic mass is 19.1. The van der Waals surface area contributed by atoms with Crippen LogP contribution in [0.15, 0.2) is 48.5 Å². The van der Waals surface area contributed by atoms with Crippen molar-refractivity contribution in [1.82, 2.24) is 14.7 Å². The van der Waals surface area contributed by atoms with Crippen LogP contribution in [0.3, 0.4) is 0 Å². The number of halogens is 2. The molecule has 0 bridgehead atoms. The molecule has 0 aliphatic heterocycles. The summed E-state index contributed by atoms with van der Waals surface area (Å²) < 4.78 is 40.8. The molecule has 1 atom stereocenters. The van der Waals surface area contributed by atoms with Crippen molar-refractivity contribution in [2.24, 2.45) is 13.0 Å². The third-order valence-corrected chi connectivity index (χ3v) is 5.81. The highest BCUT2D eigenvalue weighted by Gasteiger charge is 2.29. The van der Waals surface area contributed by atoms with Gasteiger partial charge in [0.1, 0.15) is 11.5 Å². The number of ether oxygens (including phenoxy) is 2. The van der Waals surface area contributed by atoms with Crippen LogP contribution in [0, 0.1) is 17.6 Å². The Hall–Kier alpha value is -2.81. The van der Waals surface area contributed by atoms with Crippen LogP contribution in [0.2, 0.25) is 0 Å². The molecule has 1 saturated carbocycles. The molecule has 0 saturated heterocycles. The number of aliphatic hydroxyl groups excluding tert-OH is 1. The van der Waals surface area contributed by atoms with E-state index in [4.69, 9.17) is 9.47 Å². The van der Waals surface area contributed by atoms with E-state index in [0.29, 0.717) is 31.5 Å². The number of benzene rings is 2. The summed E-state index contributed by atoms with van der Waals surface area (Å²) in [6, 6.07) is 13.0. The largest absolute Gasteiger partial charge is 0.436 e. The van der Waals surface area contributed by atoms with E-state index in [9.17, 15) is 13.9 Å². The Morgan fingerprint density at radius 2 is 1.94 bits per heavy atom. The van der Waals surface area contributed by atoms with Gasteiger partial charge in [0.15, 0.2) is 11.6 Å². The van der Waals surface area contributed by atoms with E-state index in [-0.39, 0.29) is 12.4 Å². The fourth-order valence-electron chi connectivity index (χ4n) is 4.01. The molecule has 1 unspecified atom stereocenters. The number of hydrogen-bond acceptors (Lipinski definition) is 5. The van der Waals surface area contributed by atoms with E-state index in [1.54, 1.807) is 11.7 Å². The molecule has 182 valence electrons. The Morgan fingerprint density at radius 1 is 1.18 bits per heavy atom. The molecular weight excluding hydrogens is 440 g/mol. The number of rotatable bonds is 12. The zero-order valence-corrected chi connectivity index (χ0v) is 19.6. The lowest BCUT2D eigenvalue weighted by Gasteiger charge is -2.25. The van der Waals surface area contributed by atoms with Crippen molar-refractivity contribution in [3.05, 3.63) is 65.7 Å². The van der Waals surface area contributed by atoms with E-state index in [1.807, 2.05) is 37.3 Å². The predicted octanol–water partition coefficient (Wildman–Crippen LogP) is 4.77. The van der Waals surface area contributed by atoms with E-state index in [0.717, 1.165) is 35.5 Å². The van der Waals surface area contributed by atoms with Crippen LogP contribution in [-0.4, -0.2) is 52.2 Å². The van der Waals surface area contributed by atoms with Gasteiger partial charge in [0.25, 0.3) is 0 Å². The average Bonchev–Trinajstić information content (AvgIpc) is 3.58. The molecule has 4 rings (SSSR count). The van der Waals surface area contributed by atoms with Gasteiger partial charge in [-0.3, -0.25) is 4.90 Å². The molecular formula is C26H31F2N3O3. The summed E-state index contributed by atoms with van der Waals surface area (Å²) in [5.74, 6) is -0.552. The van der Waals surface area contributed by atoms with Crippen LogP contribution in [0.1, 0.15) is 25.3 Å². The highest BCUT2D eigenvalue weighted by molar-refractivity contribution is 5.65. The number of nitrogens with zero attached hydrogens (tertiary/aromatic N) is 3. The van der Waals surface area contributed by atoms with Crippen molar-refractivity contribution in [2.75, 3.05) is 26.3 Å². The Bertz CT molecular complexity index is 1090. The first-order valence-corrected chi connectivity index (χ1v) is 11.7. The number of aryl methyl sites for hydroxylation is 1. The monoisotopic (exact) mass is 471 g/mol. The summed E-state index contributed by atoms with van der Waals surface area (Å²) in [5.41, 5.74) is 2.41. The Morgan fingerprint density at radius 3 is 2.62 bits per heavy atom. The van der Waals surface area contributed by atoms with E-state index < -0.39 is 17.7 Å². The molecule has 1 N–H and O–H groups in total. The quantitative estimate of drug-likeness (QED) is 0.413. The number of aliphatic hydroxyl groups is 1. The minimum atomic E-state index is -0.782. The van der Waals surface area contributed by atoms with Crippen LogP contribution >= 0.6 is 0 Å². The first-order chi connectivity index (χ1) is 16.4. The fourth-order valence-corrected chi connectivity index (χ4v) is 4.01. The zero-order chi connectivity index (χ0) is 24.1. The molecule has 0 spiro atoms. The summed E-state index contributed by atoms with van der Waals surface area (Å²) in [7, 11) is 1.74. The summed E-state index contributed by atoms with van der Waals surface area (Å²) in [6.45, 7) is 4.42. The maximum Gasteiger partial charge on any atom is 0.222 e. The van der Waals surface area contributed by atoms with Crippen LogP contribution in [-0.2, 0) is 18.3 Å². The van der Waals surface area contributed by atoms with Crippen LogP contribution in [0.25, 0.3) is 11.3 Å². The van der Waals surface area contributed by atoms with Gasteiger partial charge in [0, 0.05) is 44.9 Å². The third kappa shape index (κ3) is 6.20. The van der Waals surface area contributed by atoms with Gasteiger partial charge in [-0.05, 0) is 37.8 Å². The fraction of sp³-hybridized carbons (Fsp3) is 0.423. The second-order valence-electron chi connectivity index (χ2n) is 8.75. The van der Waals surface area contributed by atoms with Crippen LogP contribution in [0.5, 0.6) is 11.6 Å². The molecule has 0 amide bonds. The smallest absolute Gasteiger partial charge is 0.222 e. The molecule has 6 nitrogen and oxygen atoms in total. The third-order valence-electron chi connectivity index (χ3n) is 5.81. The Kier molecular flexibility index (Phi) is 7.92. The van der Waals surface area contributed by atoms with E-state index >= 15 is 0 Å². The number of hydrogen-bond donors (Lipinski definition) is 1. The summed E-state index contributed by atoms with van der Waals surface area (Å²) in [5, 5.41) is 15.2. The molecule has 2 aromatic carbocycles. The van der Waals surface area contributed by atoms with Crippen molar-refractivity contribution in [3.8, 4) is 22.9 Å². The van der Waals surface area contributed by atoms with Crippen molar-refractivity contribution in [3.63, 3.8) is 0 Å². The topological polar surface area (TPSA) is 59.8 Å². The van der Waals surface area contributed by atoms with Crippen molar-refractivity contribution >= 4 is 0 Å². The molecule has 3 aromatic rings. The molecule has 1 heterocycles. The number of aromatic nitrogens is 2. The van der Waals surface area contributed by atoms with Crippen LogP contribution in [0.4, 0.5) is 8.78 Å². The predicted molar refractivity (Wildman–Crippen MR) is 126 cm³/mol. The van der Waals surface area contributed by atoms with Gasteiger partial charge < -0.3 is 14.6 Å². The molecule has 8 heteroatoms. The molecule has 0 radical (unpaired) electrons. The van der Waals surface area contributed by atoms with Gasteiger partial charge in [-0.15, -0.1) is 0 Å². The van der Waals surface area contributed by atoms with Gasteiger partial charge in [0.2, 0.25) is 5.88 Å².